The van der Waals surface area contributed by atoms with Crippen LogP contribution in [0.3, 0.4) is 0 Å². The van der Waals surface area contributed by atoms with Gasteiger partial charge in [-0.25, -0.2) is 4.98 Å². The van der Waals surface area contributed by atoms with Crippen LogP contribution in [0.5, 0.6) is 5.75 Å². The smallest absolute Gasteiger partial charge is 0.149 e. The van der Waals surface area contributed by atoms with Crippen molar-refractivity contribution in [3.63, 3.8) is 0 Å². The van der Waals surface area contributed by atoms with E-state index in [9.17, 15) is 5.11 Å². The summed E-state index contributed by atoms with van der Waals surface area (Å²) in [6.45, 7) is 15.0. The highest BCUT2D eigenvalue weighted by Crippen LogP contribution is 2.43. The second kappa shape index (κ2) is 15.3. The fourth-order valence-corrected chi connectivity index (χ4v) is 8.36. The number of rotatable bonds is 7. The second-order valence-corrected chi connectivity index (χ2v) is 17.2. The molecule has 4 nitrogen and oxygen atoms in total. The largest absolute Gasteiger partial charge is 0.507 e. The van der Waals surface area contributed by atoms with Gasteiger partial charge in [0.25, 0.3) is 0 Å². The topological polar surface area (TPSA) is 50.9 Å². The Morgan fingerprint density at radius 3 is 1.90 bits per heavy atom. The van der Waals surface area contributed by atoms with Crippen molar-refractivity contribution in [2.24, 2.45) is 0 Å². The molecule has 0 amide bonds. The van der Waals surface area contributed by atoms with Crippen molar-refractivity contribution in [1.82, 2.24) is 14.5 Å². The first kappa shape index (κ1) is 38.5. The number of fused-ring (bicyclic) bond motifs is 1. The Bertz CT molecular complexity index is 3040. The molecule has 294 valence electrons. The number of pyridine rings is 1. The lowest BCUT2D eigenvalue weighted by Crippen LogP contribution is -2.10. The Morgan fingerprint density at radius 1 is 0.483 bits per heavy atom. The number of aryl methyl sites for hydroxylation is 4. The molecule has 0 fully saturated rings. The van der Waals surface area contributed by atoms with Gasteiger partial charge in [-0.3, -0.25) is 9.55 Å². The summed E-state index contributed by atoms with van der Waals surface area (Å²) in [5.41, 5.74) is 19.7. The van der Waals surface area contributed by atoms with Crippen molar-refractivity contribution in [1.29, 1.82) is 0 Å². The van der Waals surface area contributed by atoms with Gasteiger partial charge in [0, 0.05) is 22.9 Å². The number of phenols is 1. The minimum atomic E-state index is 0.0380. The third-order valence-electron chi connectivity index (χ3n) is 11.6. The van der Waals surface area contributed by atoms with Crippen LogP contribution < -0.4 is 0 Å². The molecule has 1 N–H and O–H groups in total. The molecule has 0 aliphatic carbocycles. The van der Waals surface area contributed by atoms with E-state index in [1.807, 2.05) is 25.3 Å². The minimum absolute atomic E-state index is 0.0380. The Labute approximate surface area is 353 Å². The van der Waals surface area contributed by atoms with E-state index in [-0.39, 0.29) is 11.2 Å². The van der Waals surface area contributed by atoms with Crippen molar-refractivity contribution in [2.45, 2.75) is 53.9 Å². The average Bonchev–Trinajstić information content (AvgIpc) is 3.64. The molecule has 0 saturated carbocycles. The van der Waals surface area contributed by atoms with Crippen LogP contribution in [0.15, 0.2) is 164 Å². The zero-order valence-corrected chi connectivity index (χ0v) is 35.4. The summed E-state index contributed by atoms with van der Waals surface area (Å²) < 4.78 is 2.24. The summed E-state index contributed by atoms with van der Waals surface area (Å²) in [5, 5.41) is 11.8. The minimum Gasteiger partial charge on any atom is -0.507 e. The maximum atomic E-state index is 11.8. The number of hydrogen-bond acceptors (Lipinski definition) is 3. The number of imidazole rings is 1. The van der Waals surface area contributed by atoms with E-state index in [2.05, 4.69) is 192 Å². The van der Waals surface area contributed by atoms with Crippen molar-refractivity contribution in [2.75, 3.05) is 0 Å². The highest BCUT2D eigenvalue weighted by Gasteiger charge is 2.24. The molecule has 2 aromatic heterocycles. The van der Waals surface area contributed by atoms with Crippen LogP contribution in [-0.2, 0) is 5.41 Å². The van der Waals surface area contributed by atoms with E-state index in [0.29, 0.717) is 11.4 Å². The van der Waals surface area contributed by atoms with Gasteiger partial charge in [-0.1, -0.05) is 135 Å². The maximum Gasteiger partial charge on any atom is 0.149 e. The molecule has 9 aromatic rings. The molecule has 9 rings (SSSR count). The predicted molar refractivity (Wildman–Crippen MR) is 251 cm³/mol. The molecule has 0 aliphatic rings. The summed E-state index contributed by atoms with van der Waals surface area (Å²) in [5.74, 6) is 0.917. The molecule has 60 heavy (non-hydrogen) atoms. The highest BCUT2D eigenvalue weighted by molar-refractivity contribution is 5.98. The Morgan fingerprint density at radius 2 is 1.15 bits per heavy atom. The van der Waals surface area contributed by atoms with E-state index < -0.39 is 0 Å². The molecule has 4 heteroatoms. The monoisotopic (exact) mass is 779 g/mol. The highest BCUT2D eigenvalue weighted by atomic mass is 16.3. The zero-order chi connectivity index (χ0) is 41.7. The number of aromatic nitrogens is 3. The van der Waals surface area contributed by atoms with Gasteiger partial charge in [-0.05, 0) is 138 Å². The van der Waals surface area contributed by atoms with Crippen molar-refractivity contribution >= 4 is 11.0 Å². The first-order chi connectivity index (χ1) is 28.9. The fraction of sp³-hybridized carbons (Fsp3) is 0.143. The Balaban J connectivity index is 1.30. The molecule has 0 radical (unpaired) electrons. The van der Waals surface area contributed by atoms with Crippen LogP contribution in [0, 0.1) is 27.7 Å². The molecule has 0 bridgehead atoms. The summed E-state index contributed by atoms with van der Waals surface area (Å²) in [6.07, 6.45) is 1.90. The predicted octanol–water partition coefficient (Wildman–Crippen LogP) is 14.7. The molecule has 0 aliphatic heterocycles. The summed E-state index contributed by atoms with van der Waals surface area (Å²) in [6, 6.07) is 56.2. The van der Waals surface area contributed by atoms with E-state index in [0.717, 1.165) is 83.6 Å². The number of benzene rings is 7. The standard InChI is InChI=1S/C56H49N3O/c1-35-16-19-40(20-17-35)42-26-27-57-50(34-42)45-32-43(39-12-9-8-10-13-39)31-44(33-45)47-14-11-15-52-53(47)58-55(49-30-37(3)28-38(4)54(49)60)59(52)51-25-18-36(2)29-48(51)41-21-23-46(24-22-41)56(5,6)7/h8-34,60H,1-7H3. The number of aromatic hydroxyl groups is 1. The molecule has 7 aromatic carbocycles. The molecular weight excluding hydrogens is 731 g/mol. The summed E-state index contributed by atoms with van der Waals surface area (Å²) in [4.78, 5) is 10.5. The lowest BCUT2D eigenvalue weighted by atomic mass is 9.86. The number of nitrogens with zero attached hydrogens (tertiary/aromatic N) is 3. The van der Waals surface area contributed by atoms with Gasteiger partial charge in [0.05, 0.1) is 28.0 Å². The Kier molecular flexibility index (Phi) is 9.80. The number of hydrogen-bond donors (Lipinski definition) is 1. The number of para-hydroxylation sites is 1. The van der Waals surface area contributed by atoms with Gasteiger partial charge in [-0.2, -0.15) is 0 Å². The van der Waals surface area contributed by atoms with Crippen LogP contribution in [0.4, 0.5) is 0 Å². The lowest BCUT2D eigenvalue weighted by molar-refractivity contribution is 0.472. The van der Waals surface area contributed by atoms with Gasteiger partial charge in [-0.15, -0.1) is 0 Å². The molecule has 0 spiro atoms. The third kappa shape index (κ3) is 7.30. The second-order valence-electron chi connectivity index (χ2n) is 17.2. The lowest BCUT2D eigenvalue weighted by Gasteiger charge is -2.20. The number of phenolic OH excluding ortho intramolecular Hbond substituents is 1. The van der Waals surface area contributed by atoms with Crippen molar-refractivity contribution < 1.29 is 5.11 Å². The normalized spacial score (nSPS) is 11.7. The van der Waals surface area contributed by atoms with Crippen LogP contribution >= 0.6 is 0 Å². The van der Waals surface area contributed by atoms with E-state index in [1.165, 1.54) is 16.7 Å². The van der Waals surface area contributed by atoms with Gasteiger partial charge in [0.15, 0.2) is 0 Å². The quantitative estimate of drug-likeness (QED) is 0.175. The fourth-order valence-electron chi connectivity index (χ4n) is 8.36. The van der Waals surface area contributed by atoms with Crippen molar-refractivity contribution in [3.05, 3.63) is 192 Å². The molecule has 2 heterocycles. The van der Waals surface area contributed by atoms with Gasteiger partial charge in [0.2, 0.25) is 0 Å². The molecule has 0 unspecified atom stereocenters. The van der Waals surface area contributed by atoms with E-state index in [4.69, 9.17) is 9.97 Å². The molecule has 0 atom stereocenters. The van der Waals surface area contributed by atoms with Crippen LogP contribution in [0.25, 0.3) is 83.9 Å². The van der Waals surface area contributed by atoms with Crippen LogP contribution in [-0.4, -0.2) is 19.6 Å². The molecule has 0 saturated heterocycles. The first-order valence-corrected chi connectivity index (χ1v) is 20.7. The first-order valence-electron chi connectivity index (χ1n) is 20.7. The van der Waals surface area contributed by atoms with Gasteiger partial charge >= 0.3 is 0 Å². The molecular formula is C56H49N3O. The SMILES string of the molecule is Cc1ccc(-c2ccnc(-c3cc(-c4ccccc4)cc(-c4cccc5c4nc(-c4cc(C)cc(C)c4O)n5-c4ccc(C)cc4-c4ccc(C(C)(C)C)cc4)c3)c2)cc1. The summed E-state index contributed by atoms with van der Waals surface area (Å²) >= 11 is 0. The average molecular weight is 780 g/mol. The van der Waals surface area contributed by atoms with E-state index in [1.54, 1.807) is 0 Å². The van der Waals surface area contributed by atoms with Gasteiger partial charge in [0.1, 0.15) is 11.6 Å². The zero-order valence-electron chi connectivity index (χ0n) is 35.4. The Hall–Kier alpha value is -7.04. The third-order valence-corrected chi connectivity index (χ3v) is 11.6. The summed E-state index contributed by atoms with van der Waals surface area (Å²) in [7, 11) is 0. The van der Waals surface area contributed by atoms with Gasteiger partial charge < -0.3 is 5.11 Å². The van der Waals surface area contributed by atoms with Crippen molar-refractivity contribution in [3.8, 4) is 78.6 Å². The van der Waals surface area contributed by atoms with Crippen LogP contribution in [0.1, 0.15) is 48.6 Å². The van der Waals surface area contributed by atoms with Crippen LogP contribution in [0.2, 0.25) is 0 Å². The maximum absolute atomic E-state index is 11.8. The van der Waals surface area contributed by atoms with E-state index >= 15 is 0 Å².